The molecule has 0 saturated heterocycles. The average molecular weight is 638 g/mol. The van der Waals surface area contributed by atoms with Crippen molar-refractivity contribution in [3.8, 4) is 11.8 Å². The SMILES string of the molecule is CS(=O)(=O)N(c1c(C#N)nn(-c2c(Cl)cc(S(F)(F)(F)(F)F)cc2Cl)c1/N=C/c1ccccc1)S(C)(=O)=O. The van der Waals surface area contributed by atoms with Crippen LogP contribution in [-0.2, 0) is 20.0 Å². The number of aliphatic imine (C=N–C) groups is 1. The molecule has 3 rings (SSSR count). The van der Waals surface area contributed by atoms with Crippen LogP contribution in [0.3, 0.4) is 0 Å². The first-order chi connectivity index (χ1) is 17.0. The minimum Gasteiger partial charge on any atom is -0.234 e. The predicted octanol–water partition coefficient (Wildman–Crippen LogP) is 6.18. The molecule has 0 aliphatic carbocycles. The van der Waals surface area contributed by atoms with Crippen LogP contribution in [-0.4, -0.2) is 45.3 Å². The Hall–Kier alpha value is -2.91. The molecule has 3 aromatic rings. The number of sulfonamides is 2. The van der Waals surface area contributed by atoms with Gasteiger partial charge in [-0.25, -0.2) is 26.5 Å². The number of nitriles is 1. The van der Waals surface area contributed by atoms with Gasteiger partial charge in [-0.15, -0.1) is 0 Å². The lowest BCUT2D eigenvalue weighted by Gasteiger charge is -2.40. The lowest BCUT2D eigenvalue weighted by molar-refractivity contribution is 0.364. The summed E-state index contributed by atoms with van der Waals surface area (Å²) in [6.07, 6.45) is 2.09. The van der Waals surface area contributed by atoms with Crippen molar-refractivity contribution in [1.29, 1.82) is 5.26 Å². The molecule has 9 nitrogen and oxygen atoms in total. The molecule has 0 radical (unpaired) electrons. The Kier molecular flexibility index (Phi) is 6.87. The summed E-state index contributed by atoms with van der Waals surface area (Å²) in [5, 5.41) is 11.3. The summed E-state index contributed by atoms with van der Waals surface area (Å²) >= 11 is 11.8. The van der Waals surface area contributed by atoms with Crippen molar-refractivity contribution >= 4 is 71.2 Å². The molecular formula is C19H14Cl2F5N5O4S3. The first kappa shape index (κ1) is 29.6. The van der Waals surface area contributed by atoms with Gasteiger partial charge in [-0.3, -0.25) is 0 Å². The fourth-order valence-electron chi connectivity index (χ4n) is 3.14. The van der Waals surface area contributed by atoms with Gasteiger partial charge in [-0.05, 0) is 17.7 Å². The zero-order valence-corrected chi connectivity index (χ0v) is 22.8. The Morgan fingerprint density at radius 1 is 1.00 bits per heavy atom. The Bertz CT molecular complexity index is 1690. The summed E-state index contributed by atoms with van der Waals surface area (Å²) in [6.45, 7) is 0. The molecule has 1 aromatic heterocycles. The van der Waals surface area contributed by atoms with E-state index in [1.54, 1.807) is 18.2 Å². The number of anilines is 1. The van der Waals surface area contributed by atoms with E-state index in [1.165, 1.54) is 18.2 Å². The monoisotopic (exact) mass is 637 g/mol. The molecule has 0 aliphatic rings. The number of rotatable bonds is 7. The van der Waals surface area contributed by atoms with Crippen LogP contribution in [0.15, 0.2) is 52.4 Å². The van der Waals surface area contributed by atoms with Crippen molar-refractivity contribution in [3.63, 3.8) is 0 Å². The van der Waals surface area contributed by atoms with Crippen LogP contribution in [0.5, 0.6) is 0 Å². The quantitative estimate of drug-likeness (QED) is 0.225. The lowest BCUT2D eigenvalue weighted by Crippen LogP contribution is -2.35. The van der Waals surface area contributed by atoms with Crippen molar-refractivity contribution in [2.45, 2.75) is 4.90 Å². The maximum absolute atomic E-state index is 13.4. The maximum atomic E-state index is 13.4. The molecule has 0 bridgehead atoms. The van der Waals surface area contributed by atoms with Crippen LogP contribution >= 0.6 is 33.4 Å². The van der Waals surface area contributed by atoms with Crippen LogP contribution in [0.1, 0.15) is 11.3 Å². The van der Waals surface area contributed by atoms with E-state index in [4.69, 9.17) is 23.2 Å². The minimum absolute atomic E-state index is 0.132. The van der Waals surface area contributed by atoms with Crippen LogP contribution in [0.4, 0.5) is 30.9 Å². The summed E-state index contributed by atoms with van der Waals surface area (Å²) in [5.41, 5.74) is -2.12. The van der Waals surface area contributed by atoms with Crippen molar-refractivity contribution in [2.75, 3.05) is 16.2 Å². The topological polar surface area (TPSA) is 125 Å². The zero-order chi connectivity index (χ0) is 29.0. The van der Waals surface area contributed by atoms with Gasteiger partial charge in [0.2, 0.25) is 20.0 Å². The Morgan fingerprint density at radius 2 is 1.50 bits per heavy atom. The summed E-state index contributed by atoms with van der Waals surface area (Å²) in [7, 11) is -19.6. The zero-order valence-electron chi connectivity index (χ0n) is 18.9. The van der Waals surface area contributed by atoms with Crippen molar-refractivity contribution < 1.29 is 36.3 Å². The molecule has 2 aromatic carbocycles. The lowest BCUT2D eigenvalue weighted by atomic mass is 10.2. The molecule has 38 heavy (non-hydrogen) atoms. The second-order valence-electron chi connectivity index (χ2n) is 7.64. The van der Waals surface area contributed by atoms with Crippen LogP contribution < -0.4 is 3.71 Å². The predicted molar refractivity (Wildman–Crippen MR) is 136 cm³/mol. The second-order valence-corrected chi connectivity index (χ2v) is 14.8. The van der Waals surface area contributed by atoms with Crippen molar-refractivity contribution in [3.05, 3.63) is 63.8 Å². The molecule has 0 unspecified atom stereocenters. The molecular weight excluding hydrogens is 624 g/mol. The van der Waals surface area contributed by atoms with Crippen LogP contribution in [0, 0.1) is 11.3 Å². The van der Waals surface area contributed by atoms with Gasteiger partial charge < -0.3 is 0 Å². The summed E-state index contributed by atoms with van der Waals surface area (Å²) in [4.78, 5) is 1.59. The highest BCUT2D eigenvalue weighted by molar-refractivity contribution is 8.45. The van der Waals surface area contributed by atoms with Gasteiger partial charge >= 0.3 is 10.2 Å². The smallest absolute Gasteiger partial charge is 0.234 e. The van der Waals surface area contributed by atoms with Gasteiger partial charge in [0.25, 0.3) is 0 Å². The molecule has 0 aliphatic heterocycles. The molecule has 0 spiro atoms. The molecule has 1 heterocycles. The normalized spacial score (nSPS) is 14.6. The average Bonchev–Trinajstić information content (AvgIpc) is 3.06. The van der Waals surface area contributed by atoms with Gasteiger partial charge in [-0.2, -0.15) is 14.1 Å². The van der Waals surface area contributed by atoms with Crippen molar-refractivity contribution in [2.24, 2.45) is 4.99 Å². The minimum atomic E-state index is -10.2. The number of halogens is 7. The highest BCUT2D eigenvalue weighted by atomic mass is 35.5. The molecule has 0 amide bonds. The standard InChI is InChI=1S/C19H14Cl2F5N5O4S3/c1-36(32,33)31(37(2,34)35)18-16(10-27)29-30(19(18)28-11-12-6-4-3-5-7-12)17-14(20)8-13(9-15(17)21)38(22,23,24,25)26/h3-9,11H,1-2H3/b28-11+. The first-order valence-corrected chi connectivity index (χ1v) is 16.0. The summed E-state index contributed by atoms with van der Waals surface area (Å²) < 4.78 is 117. The third-order valence-electron chi connectivity index (χ3n) is 4.51. The number of hydrogen-bond acceptors (Lipinski definition) is 7. The van der Waals surface area contributed by atoms with E-state index in [1.807, 2.05) is 0 Å². The maximum Gasteiger partial charge on any atom is 0.310 e. The molecule has 0 N–H and O–H groups in total. The van der Waals surface area contributed by atoms with E-state index in [-0.39, 0.29) is 15.8 Å². The van der Waals surface area contributed by atoms with Gasteiger partial charge in [-0.1, -0.05) is 73.0 Å². The van der Waals surface area contributed by atoms with E-state index < -0.39 is 68.1 Å². The largest absolute Gasteiger partial charge is 0.310 e. The van der Waals surface area contributed by atoms with Gasteiger partial charge in [0.05, 0.1) is 22.6 Å². The number of benzene rings is 2. The van der Waals surface area contributed by atoms with Gasteiger partial charge in [0, 0.05) is 6.21 Å². The molecule has 206 valence electrons. The Balaban J connectivity index is 2.48. The van der Waals surface area contributed by atoms with E-state index in [0.717, 1.165) is 6.21 Å². The molecule has 0 atom stereocenters. The fraction of sp³-hybridized carbons (Fsp3) is 0.105. The third kappa shape index (κ3) is 6.21. The third-order valence-corrected chi connectivity index (χ3v) is 9.41. The Labute approximate surface area is 223 Å². The Morgan fingerprint density at radius 3 is 1.92 bits per heavy atom. The van der Waals surface area contributed by atoms with Gasteiger partial charge in [0.1, 0.15) is 16.7 Å². The van der Waals surface area contributed by atoms with Crippen molar-refractivity contribution in [1.82, 2.24) is 9.78 Å². The summed E-state index contributed by atoms with van der Waals surface area (Å²) in [5.74, 6) is -0.731. The summed E-state index contributed by atoms with van der Waals surface area (Å²) in [6, 6.07) is 9.11. The highest BCUT2D eigenvalue weighted by Crippen LogP contribution is 3.02. The number of nitrogens with zero attached hydrogens (tertiary/aromatic N) is 5. The van der Waals surface area contributed by atoms with E-state index in [9.17, 15) is 41.5 Å². The number of hydrogen-bond donors (Lipinski definition) is 0. The second kappa shape index (κ2) is 8.81. The van der Waals surface area contributed by atoms with E-state index in [2.05, 4.69) is 10.1 Å². The fourth-order valence-corrected chi connectivity index (χ4v) is 7.56. The number of aromatic nitrogens is 2. The molecule has 19 heteroatoms. The van der Waals surface area contributed by atoms with Crippen LogP contribution in [0.2, 0.25) is 10.0 Å². The molecule has 0 fully saturated rings. The van der Waals surface area contributed by atoms with E-state index in [0.29, 0.717) is 22.8 Å². The van der Waals surface area contributed by atoms with E-state index >= 15 is 0 Å². The molecule has 0 saturated carbocycles. The highest BCUT2D eigenvalue weighted by Gasteiger charge is 2.65. The first-order valence-electron chi connectivity index (χ1n) is 9.61. The van der Waals surface area contributed by atoms with Crippen LogP contribution in [0.25, 0.3) is 5.69 Å². The van der Waals surface area contributed by atoms with Gasteiger partial charge in [0.15, 0.2) is 17.2 Å².